The van der Waals surface area contributed by atoms with Crippen molar-refractivity contribution >= 4 is 5.69 Å². The van der Waals surface area contributed by atoms with Gasteiger partial charge in [-0.25, -0.2) is 0 Å². The highest BCUT2D eigenvalue weighted by Gasteiger charge is 2.38. The average Bonchev–Trinajstić information content (AvgIpc) is 2.63. The minimum absolute atomic E-state index is 0.511. The summed E-state index contributed by atoms with van der Waals surface area (Å²) < 4.78 is 0. The largest absolute Gasteiger partial charge is 0.371 e. The summed E-state index contributed by atoms with van der Waals surface area (Å²) in [6.45, 7) is 6.82. The molecule has 0 bridgehead atoms. The van der Waals surface area contributed by atoms with Crippen molar-refractivity contribution in [3.05, 3.63) is 29.3 Å². The molecule has 1 aromatic carbocycles. The lowest BCUT2D eigenvalue weighted by Crippen LogP contribution is -2.42. The van der Waals surface area contributed by atoms with E-state index in [9.17, 15) is 10.2 Å². The second-order valence-electron chi connectivity index (χ2n) is 8.36. The van der Waals surface area contributed by atoms with Gasteiger partial charge in [0.15, 0.2) is 6.29 Å². The molecule has 1 aromatic rings. The van der Waals surface area contributed by atoms with E-state index in [0.29, 0.717) is 17.8 Å². The Morgan fingerprint density at radius 2 is 1.52 bits per heavy atom. The van der Waals surface area contributed by atoms with Gasteiger partial charge in [0.05, 0.1) is 0 Å². The Morgan fingerprint density at radius 1 is 0.960 bits per heavy atom. The van der Waals surface area contributed by atoms with Crippen molar-refractivity contribution < 1.29 is 10.2 Å². The monoisotopic (exact) mass is 345 g/mol. The van der Waals surface area contributed by atoms with Gasteiger partial charge in [0.25, 0.3) is 0 Å². The summed E-state index contributed by atoms with van der Waals surface area (Å²) in [5.41, 5.74) is 4.85. The van der Waals surface area contributed by atoms with E-state index in [0.717, 1.165) is 12.8 Å². The molecule has 25 heavy (non-hydrogen) atoms. The van der Waals surface area contributed by atoms with Gasteiger partial charge in [-0.15, -0.1) is 0 Å². The first-order chi connectivity index (χ1) is 12.0. The van der Waals surface area contributed by atoms with Gasteiger partial charge in [0, 0.05) is 25.2 Å². The van der Waals surface area contributed by atoms with Crippen LogP contribution in [0, 0.1) is 11.3 Å². The molecule has 0 radical (unpaired) electrons. The van der Waals surface area contributed by atoms with Crippen molar-refractivity contribution in [2.24, 2.45) is 11.3 Å². The first-order valence-electron chi connectivity index (χ1n) is 10.3. The Bertz CT molecular complexity index is 529. The molecule has 2 N–H and O–H groups in total. The number of anilines is 1. The number of aryl methyl sites for hydroxylation is 2. The second-order valence-corrected chi connectivity index (χ2v) is 8.36. The summed E-state index contributed by atoms with van der Waals surface area (Å²) >= 11 is 0. The van der Waals surface area contributed by atoms with Crippen molar-refractivity contribution in [3.8, 4) is 0 Å². The Labute approximate surface area is 153 Å². The number of benzene rings is 1. The third-order valence-corrected chi connectivity index (χ3v) is 6.75. The highest BCUT2D eigenvalue weighted by molar-refractivity contribution is 5.52. The molecule has 1 aliphatic carbocycles. The fraction of sp³-hybridized carbons (Fsp3) is 0.727. The number of piperidine rings is 1. The van der Waals surface area contributed by atoms with E-state index in [-0.39, 0.29) is 0 Å². The van der Waals surface area contributed by atoms with Crippen LogP contribution in [0.1, 0.15) is 69.9 Å². The van der Waals surface area contributed by atoms with Crippen LogP contribution in [0.3, 0.4) is 0 Å². The first-order valence-corrected chi connectivity index (χ1v) is 10.3. The molecule has 1 spiro atoms. The third kappa shape index (κ3) is 4.57. The van der Waals surface area contributed by atoms with Crippen LogP contribution in [-0.2, 0) is 12.8 Å². The number of aliphatic hydroxyl groups is 2. The predicted octanol–water partition coefficient (Wildman–Crippen LogP) is 4.29. The fourth-order valence-corrected chi connectivity index (χ4v) is 4.90. The molecule has 3 nitrogen and oxygen atoms in total. The SMILES string of the molecule is CCc1cc(CC)cc(N2CCC3(CCC(CC(O)O)CC3)CC2)c1. The molecule has 1 saturated carbocycles. The fourth-order valence-electron chi connectivity index (χ4n) is 4.90. The predicted molar refractivity (Wildman–Crippen MR) is 104 cm³/mol. The van der Waals surface area contributed by atoms with Crippen LogP contribution in [0.5, 0.6) is 0 Å². The molecule has 2 fully saturated rings. The van der Waals surface area contributed by atoms with Crippen LogP contribution in [0.15, 0.2) is 18.2 Å². The van der Waals surface area contributed by atoms with E-state index in [4.69, 9.17) is 0 Å². The summed E-state index contributed by atoms with van der Waals surface area (Å²) in [7, 11) is 0. The van der Waals surface area contributed by atoms with Crippen molar-refractivity contribution in [1.82, 2.24) is 0 Å². The Hall–Kier alpha value is -1.06. The third-order valence-electron chi connectivity index (χ3n) is 6.75. The highest BCUT2D eigenvalue weighted by Crippen LogP contribution is 2.47. The highest BCUT2D eigenvalue weighted by atomic mass is 16.5. The molecule has 0 unspecified atom stereocenters. The second kappa shape index (κ2) is 8.09. The van der Waals surface area contributed by atoms with Crippen LogP contribution in [0.25, 0.3) is 0 Å². The lowest BCUT2D eigenvalue weighted by molar-refractivity contribution is -0.0633. The average molecular weight is 346 g/mol. The van der Waals surface area contributed by atoms with Crippen molar-refractivity contribution in [2.75, 3.05) is 18.0 Å². The van der Waals surface area contributed by atoms with Crippen molar-refractivity contribution in [3.63, 3.8) is 0 Å². The molecule has 2 aliphatic rings. The summed E-state index contributed by atoms with van der Waals surface area (Å²) in [5, 5.41) is 18.4. The minimum atomic E-state index is -1.13. The lowest BCUT2D eigenvalue weighted by atomic mass is 9.65. The zero-order valence-electron chi connectivity index (χ0n) is 16.0. The van der Waals surface area contributed by atoms with Gasteiger partial charge in [-0.1, -0.05) is 19.9 Å². The van der Waals surface area contributed by atoms with Gasteiger partial charge in [-0.3, -0.25) is 0 Å². The van der Waals surface area contributed by atoms with E-state index >= 15 is 0 Å². The van der Waals surface area contributed by atoms with E-state index in [2.05, 4.69) is 36.9 Å². The summed E-state index contributed by atoms with van der Waals surface area (Å²) in [5.74, 6) is 0.511. The van der Waals surface area contributed by atoms with Gasteiger partial charge >= 0.3 is 0 Å². The van der Waals surface area contributed by atoms with Gasteiger partial charge in [-0.05, 0) is 86.0 Å². The quantitative estimate of drug-likeness (QED) is 0.783. The number of aliphatic hydroxyl groups excluding tert-OH is 1. The summed E-state index contributed by atoms with van der Waals surface area (Å²) in [6.07, 6.45) is 9.11. The topological polar surface area (TPSA) is 43.7 Å². The maximum Gasteiger partial charge on any atom is 0.151 e. The van der Waals surface area contributed by atoms with Crippen molar-refractivity contribution in [2.45, 2.75) is 77.9 Å². The Kier molecular flexibility index (Phi) is 6.06. The molecule has 0 amide bonds. The molecule has 1 aliphatic heterocycles. The lowest BCUT2D eigenvalue weighted by Gasteiger charge is -2.47. The van der Waals surface area contributed by atoms with Crippen LogP contribution in [0.2, 0.25) is 0 Å². The van der Waals surface area contributed by atoms with Crippen LogP contribution in [-0.4, -0.2) is 29.6 Å². The minimum Gasteiger partial charge on any atom is -0.371 e. The molecule has 140 valence electrons. The van der Waals surface area contributed by atoms with Crippen LogP contribution < -0.4 is 4.90 Å². The normalized spacial score (nSPS) is 21.2. The first kappa shape index (κ1) is 18.7. The molecular formula is C22H35NO2. The Morgan fingerprint density at radius 3 is 2.00 bits per heavy atom. The van der Waals surface area contributed by atoms with Crippen molar-refractivity contribution in [1.29, 1.82) is 0 Å². The van der Waals surface area contributed by atoms with Gasteiger partial charge < -0.3 is 15.1 Å². The molecule has 3 rings (SSSR count). The van der Waals surface area contributed by atoms with E-state index < -0.39 is 6.29 Å². The van der Waals surface area contributed by atoms with E-state index in [1.807, 2.05) is 0 Å². The zero-order valence-corrected chi connectivity index (χ0v) is 16.0. The number of hydrogen-bond donors (Lipinski definition) is 2. The van der Waals surface area contributed by atoms with E-state index in [1.54, 1.807) is 0 Å². The van der Waals surface area contributed by atoms with Crippen LogP contribution in [0.4, 0.5) is 5.69 Å². The van der Waals surface area contributed by atoms with Crippen LogP contribution >= 0.6 is 0 Å². The number of rotatable bonds is 5. The van der Waals surface area contributed by atoms with Gasteiger partial charge in [0.2, 0.25) is 0 Å². The summed E-state index contributed by atoms with van der Waals surface area (Å²) in [6, 6.07) is 7.12. The standard InChI is InChI=1S/C22H35NO2/c1-3-17-13-18(4-2)15-20(14-17)23-11-9-22(10-12-23)7-5-19(6-8-22)16-21(24)25/h13-15,19,21,24-25H,3-12,16H2,1-2H3. The number of hydrogen-bond acceptors (Lipinski definition) is 3. The molecule has 1 saturated heterocycles. The number of nitrogens with zero attached hydrogens (tertiary/aromatic N) is 1. The smallest absolute Gasteiger partial charge is 0.151 e. The molecule has 3 heteroatoms. The van der Waals surface area contributed by atoms with Gasteiger partial charge in [-0.2, -0.15) is 0 Å². The zero-order chi connectivity index (χ0) is 17.9. The molecular weight excluding hydrogens is 310 g/mol. The van der Waals surface area contributed by atoms with E-state index in [1.165, 1.54) is 68.4 Å². The summed E-state index contributed by atoms with van der Waals surface area (Å²) in [4.78, 5) is 2.59. The Balaban J connectivity index is 1.59. The molecule has 1 heterocycles. The maximum atomic E-state index is 9.20. The van der Waals surface area contributed by atoms with Gasteiger partial charge in [0.1, 0.15) is 0 Å². The molecule has 0 aromatic heterocycles. The maximum absolute atomic E-state index is 9.20. The molecule has 0 atom stereocenters.